The molecule has 5 heteroatoms. The van der Waals surface area contributed by atoms with E-state index in [-0.39, 0.29) is 5.60 Å². The van der Waals surface area contributed by atoms with E-state index >= 15 is 0 Å². The maximum atomic E-state index is 6.15. The second-order valence-corrected chi connectivity index (χ2v) is 7.27. The Hall–Kier alpha value is -1.95. The van der Waals surface area contributed by atoms with Crippen molar-refractivity contribution >= 4 is 0 Å². The molecule has 1 atom stereocenters. The van der Waals surface area contributed by atoms with Gasteiger partial charge in [0, 0.05) is 44.6 Å². The Kier molecular flexibility index (Phi) is 5.20. The van der Waals surface area contributed by atoms with Crippen molar-refractivity contribution in [2.45, 2.75) is 25.2 Å². The quantitative estimate of drug-likeness (QED) is 0.765. The van der Waals surface area contributed by atoms with Gasteiger partial charge in [0.15, 0.2) is 0 Å². The third kappa shape index (κ3) is 3.75. The van der Waals surface area contributed by atoms with Crippen LogP contribution in [0, 0.1) is 5.92 Å². The number of rotatable bonds is 7. The molecule has 2 fully saturated rings. The van der Waals surface area contributed by atoms with E-state index in [1.165, 1.54) is 5.56 Å². The van der Waals surface area contributed by atoms with E-state index in [1.807, 2.05) is 30.5 Å². The van der Waals surface area contributed by atoms with Gasteiger partial charge < -0.3 is 14.2 Å². The van der Waals surface area contributed by atoms with Crippen molar-refractivity contribution in [3.63, 3.8) is 0 Å². The molecule has 138 valence electrons. The molecule has 4 rings (SSSR count). The molecular formula is C21H26N2O3. The molecule has 0 amide bonds. The molecule has 2 aliphatic heterocycles. The van der Waals surface area contributed by atoms with Crippen LogP contribution in [0.15, 0.2) is 48.8 Å². The number of hydrogen-bond acceptors (Lipinski definition) is 5. The summed E-state index contributed by atoms with van der Waals surface area (Å²) in [7, 11) is 1.71. The first kappa shape index (κ1) is 17.5. The maximum Gasteiger partial charge on any atom is 0.119 e. The summed E-state index contributed by atoms with van der Waals surface area (Å²) < 4.78 is 17.4. The van der Waals surface area contributed by atoms with Crippen molar-refractivity contribution < 1.29 is 14.2 Å². The number of nitrogens with zero attached hydrogens (tertiary/aromatic N) is 2. The fourth-order valence-corrected chi connectivity index (χ4v) is 4.02. The molecule has 0 saturated carbocycles. The van der Waals surface area contributed by atoms with Crippen LogP contribution in [0.25, 0.3) is 0 Å². The zero-order chi connectivity index (χ0) is 17.8. The average Bonchev–Trinajstić information content (AvgIpc) is 3.06. The van der Waals surface area contributed by atoms with Crippen molar-refractivity contribution in [3.05, 3.63) is 59.9 Å². The Morgan fingerprint density at radius 3 is 2.92 bits per heavy atom. The van der Waals surface area contributed by atoms with Gasteiger partial charge in [0.1, 0.15) is 5.75 Å². The summed E-state index contributed by atoms with van der Waals surface area (Å²) >= 11 is 0. The first-order valence-electron chi connectivity index (χ1n) is 9.23. The monoisotopic (exact) mass is 354 g/mol. The predicted octanol–water partition coefficient (Wildman–Crippen LogP) is 2.90. The van der Waals surface area contributed by atoms with Crippen molar-refractivity contribution in [2.24, 2.45) is 5.92 Å². The Labute approximate surface area is 154 Å². The SMILES string of the molecule is COc1cccc(CN2CC3(C2)OCCC3COCc2cccnc2)c1. The zero-order valence-corrected chi connectivity index (χ0v) is 15.3. The first-order chi connectivity index (χ1) is 12.8. The van der Waals surface area contributed by atoms with Crippen LogP contribution < -0.4 is 4.74 Å². The minimum Gasteiger partial charge on any atom is -0.497 e. The zero-order valence-electron chi connectivity index (χ0n) is 15.3. The molecule has 26 heavy (non-hydrogen) atoms. The van der Waals surface area contributed by atoms with E-state index in [0.29, 0.717) is 12.5 Å². The average molecular weight is 354 g/mol. The van der Waals surface area contributed by atoms with Gasteiger partial charge in [0.25, 0.3) is 0 Å². The van der Waals surface area contributed by atoms with E-state index in [0.717, 1.165) is 50.6 Å². The minimum absolute atomic E-state index is 0.0200. The van der Waals surface area contributed by atoms with Crippen LogP contribution in [0.5, 0.6) is 5.75 Å². The fraction of sp³-hybridized carbons (Fsp3) is 0.476. The number of pyridine rings is 1. The van der Waals surface area contributed by atoms with Crippen molar-refractivity contribution in [1.82, 2.24) is 9.88 Å². The molecule has 0 N–H and O–H groups in total. The van der Waals surface area contributed by atoms with Crippen molar-refractivity contribution in [2.75, 3.05) is 33.4 Å². The summed E-state index contributed by atoms with van der Waals surface area (Å²) in [5.41, 5.74) is 2.38. The highest BCUT2D eigenvalue weighted by Crippen LogP contribution is 2.40. The van der Waals surface area contributed by atoms with Crippen LogP contribution in [0.4, 0.5) is 0 Å². The van der Waals surface area contributed by atoms with Crippen LogP contribution in [-0.2, 0) is 22.6 Å². The Bertz CT molecular complexity index is 716. The van der Waals surface area contributed by atoms with Crippen molar-refractivity contribution in [3.8, 4) is 5.75 Å². The Balaban J connectivity index is 1.27. The molecule has 0 radical (unpaired) electrons. The van der Waals surface area contributed by atoms with Gasteiger partial charge in [0.05, 0.1) is 25.9 Å². The van der Waals surface area contributed by atoms with Crippen molar-refractivity contribution in [1.29, 1.82) is 0 Å². The number of aromatic nitrogens is 1. The standard InChI is InChI=1S/C21H26N2O3/c1-24-20-6-2-4-17(10-20)12-23-15-21(16-23)19(7-9-26-21)14-25-13-18-5-3-8-22-11-18/h2-6,8,10-11,19H,7,9,12-16H2,1H3. The molecular weight excluding hydrogens is 328 g/mol. The lowest BCUT2D eigenvalue weighted by atomic mass is 9.81. The maximum absolute atomic E-state index is 6.15. The number of hydrogen-bond donors (Lipinski definition) is 0. The fourth-order valence-electron chi connectivity index (χ4n) is 4.02. The normalized spacial score (nSPS) is 21.7. The third-order valence-electron chi connectivity index (χ3n) is 5.43. The third-order valence-corrected chi connectivity index (χ3v) is 5.43. The van der Waals surface area contributed by atoms with Crippen LogP contribution >= 0.6 is 0 Å². The second kappa shape index (κ2) is 7.74. The molecule has 1 aromatic heterocycles. The van der Waals surface area contributed by atoms with E-state index in [2.05, 4.69) is 22.0 Å². The lowest BCUT2D eigenvalue weighted by Crippen LogP contribution is -2.64. The lowest BCUT2D eigenvalue weighted by molar-refractivity contribution is -0.146. The van der Waals surface area contributed by atoms with Crippen LogP contribution in [-0.4, -0.2) is 48.9 Å². The molecule has 3 heterocycles. The summed E-state index contributed by atoms with van der Waals surface area (Å²) in [5.74, 6) is 1.39. The minimum atomic E-state index is -0.0200. The highest BCUT2D eigenvalue weighted by molar-refractivity contribution is 5.28. The molecule has 1 unspecified atom stereocenters. The first-order valence-corrected chi connectivity index (χ1v) is 9.23. The van der Waals surface area contributed by atoms with Gasteiger partial charge >= 0.3 is 0 Å². The van der Waals surface area contributed by atoms with E-state index in [4.69, 9.17) is 14.2 Å². The predicted molar refractivity (Wildman–Crippen MR) is 99.0 cm³/mol. The second-order valence-electron chi connectivity index (χ2n) is 7.27. The smallest absolute Gasteiger partial charge is 0.119 e. The molecule has 5 nitrogen and oxygen atoms in total. The summed E-state index contributed by atoms with van der Waals surface area (Å²) in [6.07, 6.45) is 4.73. The lowest BCUT2D eigenvalue weighted by Gasteiger charge is -2.50. The Morgan fingerprint density at radius 2 is 2.12 bits per heavy atom. The summed E-state index contributed by atoms with van der Waals surface area (Å²) in [5, 5.41) is 0. The van der Waals surface area contributed by atoms with Gasteiger partial charge in [0.2, 0.25) is 0 Å². The molecule has 0 bridgehead atoms. The highest BCUT2D eigenvalue weighted by atomic mass is 16.5. The van der Waals surface area contributed by atoms with Gasteiger partial charge in [-0.25, -0.2) is 0 Å². The summed E-state index contributed by atoms with van der Waals surface area (Å²) in [6, 6.07) is 12.3. The molecule has 1 aromatic carbocycles. The molecule has 2 aliphatic rings. The number of ether oxygens (including phenoxy) is 3. The molecule has 0 aliphatic carbocycles. The van der Waals surface area contributed by atoms with E-state index in [9.17, 15) is 0 Å². The number of likely N-dealkylation sites (tertiary alicyclic amines) is 1. The van der Waals surface area contributed by atoms with E-state index < -0.39 is 0 Å². The summed E-state index contributed by atoms with van der Waals surface area (Å²) in [4.78, 5) is 6.57. The van der Waals surface area contributed by atoms with Gasteiger partial charge in [-0.05, 0) is 35.7 Å². The van der Waals surface area contributed by atoms with Gasteiger partial charge in [-0.1, -0.05) is 18.2 Å². The van der Waals surface area contributed by atoms with Crippen LogP contribution in [0.3, 0.4) is 0 Å². The van der Waals surface area contributed by atoms with Crippen LogP contribution in [0.1, 0.15) is 17.5 Å². The molecule has 2 saturated heterocycles. The highest BCUT2D eigenvalue weighted by Gasteiger charge is 2.52. The van der Waals surface area contributed by atoms with E-state index in [1.54, 1.807) is 13.3 Å². The summed E-state index contributed by atoms with van der Waals surface area (Å²) in [6.45, 7) is 5.10. The van der Waals surface area contributed by atoms with Crippen LogP contribution in [0.2, 0.25) is 0 Å². The number of methoxy groups -OCH3 is 1. The molecule has 1 spiro atoms. The largest absolute Gasteiger partial charge is 0.497 e. The molecule has 2 aromatic rings. The van der Waals surface area contributed by atoms with Gasteiger partial charge in [-0.2, -0.15) is 0 Å². The topological polar surface area (TPSA) is 43.8 Å². The van der Waals surface area contributed by atoms with Gasteiger partial charge in [-0.3, -0.25) is 9.88 Å². The Morgan fingerprint density at radius 1 is 1.23 bits per heavy atom. The van der Waals surface area contributed by atoms with Gasteiger partial charge in [-0.15, -0.1) is 0 Å². The number of benzene rings is 1.